The fourth-order valence-electron chi connectivity index (χ4n) is 3.03. The number of likely N-dealkylation sites (tertiary alicyclic amines) is 1. The van der Waals surface area contributed by atoms with E-state index in [1.54, 1.807) is 11.3 Å². The van der Waals surface area contributed by atoms with E-state index in [0.29, 0.717) is 0 Å². The number of hydrogen-bond donors (Lipinski definition) is 1. The molecule has 120 valence electrons. The van der Waals surface area contributed by atoms with E-state index >= 15 is 0 Å². The number of fused-ring (bicyclic) bond motifs is 1. The fourth-order valence-corrected chi connectivity index (χ4v) is 3.91. The van der Waals surface area contributed by atoms with Crippen molar-refractivity contribution in [1.82, 2.24) is 19.7 Å². The molecule has 1 fully saturated rings. The van der Waals surface area contributed by atoms with Crippen molar-refractivity contribution in [2.45, 2.75) is 25.8 Å². The van der Waals surface area contributed by atoms with Crippen molar-refractivity contribution in [1.29, 1.82) is 0 Å². The SMILES string of the molecule is c1ccc2sc(Nc3cnn(CCN4CCCCC4)c3)nc2c1. The largest absolute Gasteiger partial charge is 0.329 e. The summed E-state index contributed by atoms with van der Waals surface area (Å²) >= 11 is 1.67. The van der Waals surface area contributed by atoms with E-state index in [0.717, 1.165) is 29.4 Å². The number of benzene rings is 1. The summed E-state index contributed by atoms with van der Waals surface area (Å²) in [5.74, 6) is 0. The van der Waals surface area contributed by atoms with Gasteiger partial charge in [0.25, 0.3) is 0 Å². The van der Waals surface area contributed by atoms with E-state index in [4.69, 9.17) is 0 Å². The molecular formula is C17H21N5S. The maximum absolute atomic E-state index is 4.60. The second-order valence-electron chi connectivity index (χ2n) is 6.01. The lowest BCUT2D eigenvalue weighted by Crippen LogP contribution is -2.32. The average molecular weight is 327 g/mol. The summed E-state index contributed by atoms with van der Waals surface area (Å²) in [4.78, 5) is 7.13. The van der Waals surface area contributed by atoms with Crippen LogP contribution in [-0.2, 0) is 6.54 Å². The van der Waals surface area contributed by atoms with E-state index < -0.39 is 0 Å². The molecule has 0 spiro atoms. The van der Waals surface area contributed by atoms with Gasteiger partial charge in [0.05, 0.1) is 28.6 Å². The molecule has 6 heteroatoms. The Morgan fingerprint density at radius 1 is 1.09 bits per heavy atom. The van der Waals surface area contributed by atoms with Crippen LogP contribution in [0.5, 0.6) is 0 Å². The first-order chi connectivity index (χ1) is 11.4. The van der Waals surface area contributed by atoms with Gasteiger partial charge in [-0.2, -0.15) is 5.10 Å². The molecule has 1 aliphatic rings. The zero-order chi connectivity index (χ0) is 15.5. The fraction of sp³-hybridized carbons (Fsp3) is 0.412. The van der Waals surface area contributed by atoms with Gasteiger partial charge in [-0.05, 0) is 38.1 Å². The van der Waals surface area contributed by atoms with Crippen LogP contribution in [0.4, 0.5) is 10.8 Å². The molecule has 0 bridgehead atoms. The monoisotopic (exact) mass is 327 g/mol. The van der Waals surface area contributed by atoms with Crippen molar-refractivity contribution in [3.8, 4) is 0 Å². The maximum atomic E-state index is 4.60. The number of anilines is 2. The number of rotatable bonds is 5. The highest BCUT2D eigenvalue weighted by atomic mass is 32.1. The van der Waals surface area contributed by atoms with Crippen LogP contribution in [-0.4, -0.2) is 39.3 Å². The third-order valence-electron chi connectivity index (χ3n) is 4.27. The molecule has 3 aromatic rings. The van der Waals surface area contributed by atoms with Gasteiger partial charge in [-0.15, -0.1) is 0 Å². The Morgan fingerprint density at radius 2 is 1.96 bits per heavy atom. The van der Waals surface area contributed by atoms with E-state index in [1.807, 2.05) is 29.1 Å². The maximum Gasteiger partial charge on any atom is 0.188 e. The lowest BCUT2D eigenvalue weighted by molar-refractivity contribution is 0.218. The summed E-state index contributed by atoms with van der Waals surface area (Å²) in [7, 11) is 0. The predicted molar refractivity (Wildman–Crippen MR) is 95.4 cm³/mol. The van der Waals surface area contributed by atoms with Crippen molar-refractivity contribution < 1.29 is 0 Å². The third-order valence-corrected chi connectivity index (χ3v) is 5.22. The van der Waals surface area contributed by atoms with Gasteiger partial charge in [-0.25, -0.2) is 4.98 Å². The van der Waals surface area contributed by atoms with Crippen LogP contribution in [0.25, 0.3) is 10.2 Å². The number of aromatic nitrogens is 3. The number of piperidine rings is 1. The van der Waals surface area contributed by atoms with Gasteiger partial charge >= 0.3 is 0 Å². The summed E-state index contributed by atoms with van der Waals surface area (Å²) in [6.07, 6.45) is 8.00. The third kappa shape index (κ3) is 3.54. The van der Waals surface area contributed by atoms with E-state index in [-0.39, 0.29) is 0 Å². The Kier molecular flexibility index (Phi) is 4.26. The molecule has 23 heavy (non-hydrogen) atoms. The molecule has 1 saturated heterocycles. The minimum absolute atomic E-state index is 0.918. The first-order valence-electron chi connectivity index (χ1n) is 8.24. The van der Waals surface area contributed by atoms with E-state index in [1.165, 1.54) is 37.1 Å². The predicted octanol–water partition coefficient (Wildman–Crippen LogP) is 3.72. The number of nitrogens with one attached hydrogen (secondary N) is 1. The lowest BCUT2D eigenvalue weighted by Gasteiger charge is -2.26. The van der Waals surface area contributed by atoms with E-state index in [9.17, 15) is 0 Å². The Bertz CT molecular complexity index is 739. The number of hydrogen-bond acceptors (Lipinski definition) is 5. The molecule has 3 heterocycles. The van der Waals surface area contributed by atoms with Gasteiger partial charge in [-0.1, -0.05) is 29.9 Å². The van der Waals surface area contributed by atoms with Gasteiger partial charge in [0.1, 0.15) is 0 Å². The molecule has 4 rings (SSSR count). The zero-order valence-electron chi connectivity index (χ0n) is 13.1. The Morgan fingerprint density at radius 3 is 2.83 bits per heavy atom. The Balaban J connectivity index is 1.37. The summed E-state index contributed by atoms with van der Waals surface area (Å²) in [5.41, 5.74) is 2.04. The van der Waals surface area contributed by atoms with Gasteiger partial charge in [0.2, 0.25) is 0 Å². The van der Waals surface area contributed by atoms with E-state index in [2.05, 4.69) is 32.6 Å². The smallest absolute Gasteiger partial charge is 0.188 e. The van der Waals surface area contributed by atoms with Crippen molar-refractivity contribution in [3.63, 3.8) is 0 Å². The van der Waals surface area contributed by atoms with Gasteiger partial charge in [0, 0.05) is 12.7 Å². The minimum Gasteiger partial charge on any atom is -0.329 e. The number of thiazole rings is 1. The van der Waals surface area contributed by atoms with Crippen LogP contribution in [0.1, 0.15) is 19.3 Å². The van der Waals surface area contributed by atoms with Crippen LogP contribution in [0.15, 0.2) is 36.7 Å². The van der Waals surface area contributed by atoms with Gasteiger partial charge < -0.3 is 10.2 Å². The van der Waals surface area contributed by atoms with Gasteiger partial charge in [0.15, 0.2) is 5.13 Å². The molecule has 0 amide bonds. The summed E-state index contributed by atoms with van der Waals surface area (Å²) in [6.45, 7) is 4.50. The normalized spacial score (nSPS) is 16.0. The molecule has 2 aromatic heterocycles. The zero-order valence-corrected chi connectivity index (χ0v) is 13.9. The molecule has 0 radical (unpaired) electrons. The van der Waals surface area contributed by atoms with Crippen LogP contribution >= 0.6 is 11.3 Å². The molecule has 1 aliphatic heterocycles. The lowest BCUT2D eigenvalue weighted by atomic mass is 10.1. The van der Waals surface area contributed by atoms with Crippen molar-refractivity contribution in [3.05, 3.63) is 36.7 Å². The molecule has 0 atom stereocenters. The van der Waals surface area contributed by atoms with Crippen molar-refractivity contribution in [2.24, 2.45) is 0 Å². The van der Waals surface area contributed by atoms with Crippen LogP contribution < -0.4 is 5.32 Å². The molecule has 0 saturated carbocycles. The second kappa shape index (κ2) is 6.68. The Hall–Kier alpha value is -1.92. The highest BCUT2D eigenvalue weighted by Gasteiger charge is 2.10. The average Bonchev–Trinajstić information content (AvgIpc) is 3.20. The van der Waals surface area contributed by atoms with Crippen LogP contribution in [0.3, 0.4) is 0 Å². The number of para-hydroxylation sites is 1. The molecular weight excluding hydrogens is 306 g/mol. The number of nitrogens with zero attached hydrogens (tertiary/aromatic N) is 4. The summed E-state index contributed by atoms with van der Waals surface area (Å²) in [5, 5.41) is 8.74. The molecule has 1 aromatic carbocycles. The van der Waals surface area contributed by atoms with Crippen LogP contribution in [0, 0.1) is 0 Å². The molecule has 0 aliphatic carbocycles. The molecule has 5 nitrogen and oxygen atoms in total. The first kappa shape index (κ1) is 14.7. The second-order valence-corrected chi connectivity index (χ2v) is 7.04. The summed E-state index contributed by atoms with van der Waals surface area (Å²) < 4.78 is 3.22. The topological polar surface area (TPSA) is 46.0 Å². The highest BCUT2D eigenvalue weighted by Crippen LogP contribution is 2.27. The van der Waals surface area contributed by atoms with Crippen molar-refractivity contribution in [2.75, 3.05) is 25.0 Å². The summed E-state index contributed by atoms with van der Waals surface area (Å²) in [6, 6.07) is 8.20. The Labute approximate surface area is 139 Å². The van der Waals surface area contributed by atoms with Gasteiger partial charge in [-0.3, -0.25) is 4.68 Å². The van der Waals surface area contributed by atoms with Crippen molar-refractivity contribution >= 4 is 32.4 Å². The molecule has 0 unspecified atom stereocenters. The quantitative estimate of drug-likeness (QED) is 0.776. The van der Waals surface area contributed by atoms with Crippen LogP contribution in [0.2, 0.25) is 0 Å². The minimum atomic E-state index is 0.918. The highest BCUT2D eigenvalue weighted by molar-refractivity contribution is 7.22. The molecule has 1 N–H and O–H groups in total. The first-order valence-corrected chi connectivity index (χ1v) is 9.06. The standard InChI is InChI=1S/C17H21N5S/c1-4-8-21(9-5-1)10-11-22-13-14(12-18-22)19-17-20-15-6-2-3-7-16(15)23-17/h2-3,6-7,12-13H,1,4-5,8-11H2,(H,19,20).